The molecule has 25 heavy (non-hydrogen) atoms. The molecule has 1 aromatic heterocycles. The van der Waals surface area contributed by atoms with Crippen molar-refractivity contribution in [2.45, 2.75) is 17.2 Å². The van der Waals surface area contributed by atoms with Crippen LogP contribution in [0.4, 0.5) is 10.1 Å². The number of rotatable bonds is 5. The molecule has 2 aromatic rings. The first-order chi connectivity index (χ1) is 11.6. The lowest BCUT2D eigenvalue weighted by atomic mass is 10.2. The molecule has 1 unspecified atom stereocenters. The van der Waals surface area contributed by atoms with E-state index in [1.54, 1.807) is 0 Å². The van der Waals surface area contributed by atoms with Gasteiger partial charge >= 0.3 is 5.97 Å². The Morgan fingerprint density at radius 3 is 2.60 bits per heavy atom. The molecule has 0 fully saturated rings. The van der Waals surface area contributed by atoms with Gasteiger partial charge in [-0.2, -0.15) is 0 Å². The van der Waals surface area contributed by atoms with E-state index in [1.807, 2.05) is 0 Å². The van der Waals surface area contributed by atoms with Crippen molar-refractivity contribution in [2.24, 2.45) is 5.14 Å². The predicted molar refractivity (Wildman–Crippen MR) is 90.6 cm³/mol. The molecule has 1 heterocycles. The van der Waals surface area contributed by atoms with Crippen molar-refractivity contribution in [3.05, 3.63) is 46.0 Å². The van der Waals surface area contributed by atoms with Crippen molar-refractivity contribution < 1.29 is 27.1 Å². The second-order valence-corrected chi connectivity index (χ2v) is 8.00. The standard InChI is InChI=1S/C14H12ClFN2O5S2/c1-7(13(19)18-11-3-2-9(15)5-10(11)16)23-14(20)8-4-12(24-6-8)25(17,21)22/h2-7H,1H3,(H,18,19)(H2,17,21,22). The summed E-state index contributed by atoms with van der Waals surface area (Å²) in [4.78, 5) is 23.9. The summed E-state index contributed by atoms with van der Waals surface area (Å²) in [5, 5.41) is 8.62. The molecule has 2 rings (SSSR count). The van der Waals surface area contributed by atoms with Gasteiger partial charge in [0.25, 0.3) is 5.91 Å². The average Bonchev–Trinajstić information content (AvgIpc) is 3.00. The maximum Gasteiger partial charge on any atom is 0.339 e. The summed E-state index contributed by atoms with van der Waals surface area (Å²) in [6, 6.07) is 4.72. The number of amides is 1. The molecule has 0 radical (unpaired) electrons. The third-order valence-electron chi connectivity index (χ3n) is 2.93. The van der Waals surface area contributed by atoms with Crippen LogP contribution in [0, 0.1) is 5.82 Å². The number of carbonyl (C=O) groups excluding carboxylic acids is 2. The van der Waals surface area contributed by atoms with Crippen LogP contribution in [0.5, 0.6) is 0 Å². The van der Waals surface area contributed by atoms with Crippen molar-refractivity contribution in [2.75, 3.05) is 5.32 Å². The van der Waals surface area contributed by atoms with E-state index in [4.69, 9.17) is 21.5 Å². The summed E-state index contributed by atoms with van der Waals surface area (Å²) in [5.74, 6) is -2.42. The van der Waals surface area contributed by atoms with E-state index in [2.05, 4.69) is 5.32 Å². The van der Waals surface area contributed by atoms with Crippen LogP contribution in [0.1, 0.15) is 17.3 Å². The summed E-state index contributed by atoms with van der Waals surface area (Å²) >= 11 is 6.36. The Morgan fingerprint density at radius 1 is 1.36 bits per heavy atom. The first-order valence-corrected chi connectivity index (χ1v) is 9.46. The molecule has 7 nitrogen and oxygen atoms in total. The second-order valence-electron chi connectivity index (χ2n) is 4.86. The minimum Gasteiger partial charge on any atom is -0.449 e. The number of anilines is 1. The molecule has 0 saturated heterocycles. The Hall–Kier alpha value is -2.01. The summed E-state index contributed by atoms with van der Waals surface area (Å²) in [7, 11) is -3.93. The molecule has 0 spiro atoms. The second kappa shape index (κ2) is 7.48. The number of ether oxygens (including phenoxy) is 1. The first kappa shape index (κ1) is 19.3. The number of esters is 1. The van der Waals surface area contributed by atoms with Gasteiger partial charge in [0.05, 0.1) is 11.3 Å². The summed E-state index contributed by atoms with van der Waals surface area (Å²) in [6.45, 7) is 1.29. The van der Waals surface area contributed by atoms with Gasteiger partial charge in [-0.1, -0.05) is 11.6 Å². The van der Waals surface area contributed by atoms with E-state index >= 15 is 0 Å². The van der Waals surface area contributed by atoms with Crippen molar-refractivity contribution in [1.29, 1.82) is 0 Å². The molecule has 134 valence electrons. The van der Waals surface area contributed by atoms with Crippen molar-refractivity contribution in [1.82, 2.24) is 0 Å². The molecule has 0 bridgehead atoms. The quantitative estimate of drug-likeness (QED) is 0.739. The molecule has 1 aromatic carbocycles. The molecule has 3 N–H and O–H groups in total. The topological polar surface area (TPSA) is 116 Å². The number of thiophene rings is 1. The lowest BCUT2D eigenvalue weighted by Crippen LogP contribution is -2.30. The molecule has 0 aliphatic carbocycles. The maximum atomic E-state index is 13.6. The Bertz CT molecular complexity index is 929. The van der Waals surface area contributed by atoms with Gasteiger partial charge in [0.2, 0.25) is 10.0 Å². The number of hydrogen-bond acceptors (Lipinski definition) is 6. The van der Waals surface area contributed by atoms with Crippen LogP contribution >= 0.6 is 22.9 Å². The first-order valence-electron chi connectivity index (χ1n) is 6.66. The number of sulfonamides is 1. The van der Waals surface area contributed by atoms with Crippen LogP contribution in [0.25, 0.3) is 0 Å². The van der Waals surface area contributed by atoms with Gasteiger partial charge in [-0.3, -0.25) is 4.79 Å². The lowest BCUT2D eigenvalue weighted by Gasteiger charge is -2.13. The van der Waals surface area contributed by atoms with Crippen LogP contribution in [0.3, 0.4) is 0 Å². The summed E-state index contributed by atoms with van der Waals surface area (Å²) in [5.41, 5.74) is -0.185. The Morgan fingerprint density at radius 2 is 2.04 bits per heavy atom. The fraction of sp³-hybridized carbons (Fsp3) is 0.143. The van der Waals surface area contributed by atoms with Crippen molar-refractivity contribution in [3.8, 4) is 0 Å². The molecular weight excluding hydrogens is 395 g/mol. The van der Waals surface area contributed by atoms with Crippen LogP contribution in [0.2, 0.25) is 5.02 Å². The van der Waals surface area contributed by atoms with Gasteiger partial charge in [0.15, 0.2) is 6.10 Å². The normalized spacial score (nSPS) is 12.5. The number of benzene rings is 1. The minimum absolute atomic E-state index is 0.0636. The fourth-order valence-corrected chi connectivity index (χ4v) is 3.41. The maximum absolute atomic E-state index is 13.6. The largest absolute Gasteiger partial charge is 0.449 e. The Balaban J connectivity index is 2.03. The van der Waals surface area contributed by atoms with E-state index in [9.17, 15) is 22.4 Å². The summed E-state index contributed by atoms with van der Waals surface area (Å²) < 4.78 is 40.7. The minimum atomic E-state index is -3.93. The number of halogens is 2. The van der Waals surface area contributed by atoms with Crippen molar-refractivity contribution in [3.63, 3.8) is 0 Å². The van der Waals surface area contributed by atoms with Gasteiger partial charge in [0.1, 0.15) is 10.0 Å². The molecule has 0 aliphatic rings. The van der Waals surface area contributed by atoms with E-state index in [-0.39, 0.29) is 20.5 Å². The van der Waals surface area contributed by atoms with Crippen LogP contribution in [-0.2, 0) is 19.6 Å². The highest BCUT2D eigenvalue weighted by Crippen LogP contribution is 2.21. The third kappa shape index (κ3) is 4.98. The zero-order valence-corrected chi connectivity index (χ0v) is 15.0. The highest BCUT2D eigenvalue weighted by molar-refractivity contribution is 7.91. The number of primary sulfonamides is 1. The number of nitrogens with one attached hydrogen (secondary N) is 1. The number of hydrogen-bond donors (Lipinski definition) is 2. The molecule has 11 heteroatoms. The van der Waals surface area contributed by atoms with Gasteiger partial charge < -0.3 is 10.1 Å². The lowest BCUT2D eigenvalue weighted by molar-refractivity contribution is -0.123. The van der Waals surface area contributed by atoms with E-state index in [0.29, 0.717) is 0 Å². The zero-order chi connectivity index (χ0) is 18.8. The number of nitrogens with two attached hydrogens (primary N) is 1. The summed E-state index contributed by atoms with van der Waals surface area (Å²) in [6.07, 6.45) is -1.25. The Labute approximate surface area is 151 Å². The average molecular weight is 407 g/mol. The van der Waals surface area contributed by atoms with Gasteiger partial charge in [0, 0.05) is 10.4 Å². The molecule has 1 atom stereocenters. The molecule has 0 saturated carbocycles. The third-order valence-corrected chi connectivity index (χ3v) is 5.55. The predicted octanol–water partition coefficient (Wildman–Crippen LogP) is 2.37. The fourth-order valence-electron chi connectivity index (χ4n) is 1.68. The highest BCUT2D eigenvalue weighted by atomic mass is 35.5. The van der Waals surface area contributed by atoms with Gasteiger partial charge in [-0.15, -0.1) is 11.3 Å². The Kier molecular flexibility index (Phi) is 5.78. The monoisotopic (exact) mass is 406 g/mol. The zero-order valence-electron chi connectivity index (χ0n) is 12.7. The van der Waals surface area contributed by atoms with Gasteiger partial charge in [-0.05, 0) is 31.2 Å². The van der Waals surface area contributed by atoms with Crippen LogP contribution < -0.4 is 10.5 Å². The molecule has 1 amide bonds. The van der Waals surface area contributed by atoms with E-state index < -0.39 is 33.8 Å². The van der Waals surface area contributed by atoms with Gasteiger partial charge in [-0.25, -0.2) is 22.7 Å². The van der Waals surface area contributed by atoms with Crippen LogP contribution in [0.15, 0.2) is 33.9 Å². The highest BCUT2D eigenvalue weighted by Gasteiger charge is 2.22. The number of carbonyl (C=O) groups is 2. The van der Waals surface area contributed by atoms with Crippen LogP contribution in [-0.4, -0.2) is 26.4 Å². The van der Waals surface area contributed by atoms with E-state index in [0.717, 1.165) is 23.5 Å². The smallest absolute Gasteiger partial charge is 0.339 e. The van der Waals surface area contributed by atoms with E-state index in [1.165, 1.54) is 24.4 Å². The SMILES string of the molecule is CC(OC(=O)c1csc(S(N)(=O)=O)c1)C(=O)Nc1ccc(Cl)cc1F. The molecule has 0 aliphatic heterocycles. The molecular formula is C14H12ClFN2O5S2. The van der Waals surface area contributed by atoms with Crippen molar-refractivity contribution >= 4 is 50.5 Å².